The summed E-state index contributed by atoms with van der Waals surface area (Å²) < 4.78 is 1.89. The highest BCUT2D eigenvalue weighted by Gasteiger charge is 2.21. The Kier molecular flexibility index (Phi) is 6.24. The van der Waals surface area contributed by atoms with Crippen LogP contribution in [0.1, 0.15) is 18.3 Å². The predicted octanol–water partition coefficient (Wildman–Crippen LogP) is 2.65. The Morgan fingerprint density at radius 1 is 1.17 bits per heavy atom. The second kappa shape index (κ2) is 9.23. The summed E-state index contributed by atoms with van der Waals surface area (Å²) in [7, 11) is 0. The van der Waals surface area contributed by atoms with Gasteiger partial charge in [-0.25, -0.2) is 0 Å². The van der Waals surface area contributed by atoms with Gasteiger partial charge in [0.25, 0.3) is 0 Å². The molecule has 0 aliphatic rings. The van der Waals surface area contributed by atoms with E-state index in [1.807, 2.05) is 35.1 Å². The van der Waals surface area contributed by atoms with Crippen LogP contribution in [0.25, 0.3) is 17.0 Å². The van der Waals surface area contributed by atoms with Crippen molar-refractivity contribution < 1.29 is 4.79 Å². The first-order valence-electron chi connectivity index (χ1n) is 9.26. The van der Waals surface area contributed by atoms with Crippen LogP contribution in [0.4, 0.5) is 0 Å². The summed E-state index contributed by atoms with van der Waals surface area (Å²) in [5.74, 6) is 1.77. The number of hydrogen-bond donors (Lipinski definition) is 1. The lowest BCUT2D eigenvalue weighted by Gasteiger charge is -2.16. The molecule has 4 aromatic rings. The first-order chi connectivity index (χ1) is 14.6. The molecule has 154 valence electrons. The number of aromatic nitrogens is 7. The van der Waals surface area contributed by atoms with Crippen molar-refractivity contribution in [3.63, 3.8) is 0 Å². The maximum Gasteiger partial charge on any atom is 0.244 e. The lowest BCUT2D eigenvalue weighted by molar-refractivity contribution is -0.122. The second-order valence-corrected chi connectivity index (χ2v) is 7.96. The fourth-order valence-electron chi connectivity index (χ4n) is 2.99. The highest BCUT2D eigenvalue weighted by Crippen LogP contribution is 2.19. The third-order valence-electron chi connectivity index (χ3n) is 4.44. The Bertz CT molecular complexity index is 1140. The van der Waals surface area contributed by atoms with Gasteiger partial charge in [-0.05, 0) is 60.0 Å². The van der Waals surface area contributed by atoms with Crippen LogP contribution >= 0.6 is 23.4 Å². The summed E-state index contributed by atoms with van der Waals surface area (Å²) in [6.07, 6.45) is 4.64. The molecule has 3 heterocycles. The lowest BCUT2D eigenvalue weighted by Crippen LogP contribution is -2.33. The molecule has 11 heteroatoms. The van der Waals surface area contributed by atoms with Crippen molar-refractivity contribution in [1.29, 1.82) is 0 Å². The molecule has 0 fully saturated rings. The summed E-state index contributed by atoms with van der Waals surface area (Å²) in [5, 5.41) is 24.4. The van der Waals surface area contributed by atoms with Crippen LogP contribution in [0.2, 0.25) is 5.02 Å². The van der Waals surface area contributed by atoms with Gasteiger partial charge in [-0.15, -0.1) is 20.4 Å². The molecule has 0 saturated heterocycles. The summed E-state index contributed by atoms with van der Waals surface area (Å²) in [6, 6.07) is 12.5. The van der Waals surface area contributed by atoms with Crippen molar-refractivity contribution in [1.82, 2.24) is 40.1 Å². The summed E-state index contributed by atoms with van der Waals surface area (Å²) >= 11 is 7.62. The van der Waals surface area contributed by atoms with Crippen LogP contribution in [-0.4, -0.2) is 52.7 Å². The van der Waals surface area contributed by atoms with Crippen LogP contribution in [0.3, 0.4) is 0 Å². The first kappa shape index (κ1) is 20.3. The number of thioether (sulfide) groups is 1. The third kappa shape index (κ3) is 4.60. The van der Waals surface area contributed by atoms with Gasteiger partial charge in [-0.3, -0.25) is 9.20 Å². The molecular weight excluding hydrogens is 424 g/mol. The van der Waals surface area contributed by atoms with E-state index in [0.29, 0.717) is 16.7 Å². The Hall–Kier alpha value is -2.98. The predicted molar refractivity (Wildman–Crippen MR) is 115 cm³/mol. The minimum atomic E-state index is -0.276. The number of pyridine rings is 1. The van der Waals surface area contributed by atoms with E-state index >= 15 is 0 Å². The van der Waals surface area contributed by atoms with E-state index in [9.17, 15) is 4.79 Å². The Morgan fingerprint density at radius 3 is 2.80 bits per heavy atom. The molecule has 1 atom stereocenters. The highest BCUT2D eigenvalue weighted by atomic mass is 35.5. The Morgan fingerprint density at radius 2 is 2.00 bits per heavy atom. The molecule has 0 aliphatic heterocycles. The van der Waals surface area contributed by atoms with Crippen molar-refractivity contribution in [2.75, 3.05) is 12.0 Å². The van der Waals surface area contributed by atoms with E-state index in [2.05, 4.69) is 30.9 Å². The van der Waals surface area contributed by atoms with Crippen LogP contribution in [0.15, 0.2) is 48.7 Å². The molecule has 9 nitrogen and oxygen atoms in total. The van der Waals surface area contributed by atoms with E-state index in [1.165, 1.54) is 4.80 Å². The maximum atomic E-state index is 12.7. The maximum absolute atomic E-state index is 12.7. The highest BCUT2D eigenvalue weighted by molar-refractivity contribution is 7.98. The monoisotopic (exact) mass is 442 g/mol. The number of carbonyl (C=O) groups is 1. The molecule has 0 saturated carbocycles. The number of nitrogens with zero attached hydrogens (tertiary/aromatic N) is 7. The molecule has 4 rings (SSSR count). The van der Waals surface area contributed by atoms with Crippen LogP contribution in [0, 0.1) is 0 Å². The van der Waals surface area contributed by atoms with Crippen molar-refractivity contribution in [2.24, 2.45) is 0 Å². The van der Waals surface area contributed by atoms with Gasteiger partial charge in [0.05, 0.1) is 6.04 Å². The van der Waals surface area contributed by atoms with Crippen molar-refractivity contribution in [3.8, 4) is 11.4 Å². The zero-order chi connectivity index (χ0) is 20.9. The van der Waals surface area contributed by atoms with Crippen molar-refractivity contribution in [3.05, 3.63) is 59.5 Å². The van der Waals surface area contributed by atoms with Gasteiger partial charge < -0.3 is 5.32 Å². The minimum Gasteiger partial charge on any atom is -0.344 e. The average Bonchev–Trinajstić information content (AvgIpc) is 3.39. The number of carbonyl (C=O) groups excluding carboxylic acids is 1. The summed E-state index contributed by atoms with van der Waals surface area (Å²) in [5.41, 5.74) is 1.51. The first-order valence-corrected chi connectivity index (χ1v) is 11.0. The number of halogens is 1. The standard InChI is InChI=1S/C19H19ClN8OS/c1-30-11-9-15(19-24-22-16-4-2-3-10-27(16)19)21-17(29)12-28-25-18(23-26-28)13-5-7-14(20)8-6-13/h2-8,10,15H,9,11-12H2,1H3,(H,21,29). The quantitative estimate of drug-likeness (QED) is 0.447. The zero-order valence-electron chi connectivity index (χ0n) is 16.1. The van der Waals surface area contributed by atoms with Gasteiger partial charge in [0.2, 0.25) is 11.7 Å². The lowest BCUT2D eigenvalue weighted by atomic mass is 10.2. The van der Waals surface area contributed by atoms with E-state index in [4.69, 9.17) is 11.6 Å². The minimum absolute atomic E-state index is 0.0485. The largest absolute Gasteiger partial charge is 0.344 e. The fraction of sp³-hybridized carbons (Fsp3) is 0.263. The van der Waals surface area contributed by atoms with E-state index < -0.39 is 0 Å². The Labute approximate surface area is 181 Å². The van der Waals surface area contributed by atoms with Gasteiger partial charge in [-0.2, -0.15) is 16.6 Å². The molecular formula is C19H19ClN8OS. The fourth-order valence-corrected chi connectivity index (χ4v) is 3.59. The van der Waals surface area contributed by atoms with Gasteiger partial charge >= 0.3 is 0 Å². The zero-order valence-corrected chi connectivity index (χ0v) is 17.7. The van der Waals surface area contributed by atoms with Crippen molar-refractivity contribution >= 4 is 34.9 Å². The number of benzene rings is 1. The van der Waals surface area contributed by atoms with Crippen molar-refractivity contribution in [2.45, 2.75) is 19.0 Å². The SMILES string of the molecule is CSCCC(NC(=O)Cn1nnc(-c2ccc(Cl)cc2)n1)c1nnc2ccccn12. The summed E-state index contributed by atoms with van der Waals surface area (Å²) in [6.45, 7) is -0.0485. The molecule has 3 aromatic heterocycles. The molecule has 0 spiro atoms. The van der Waals surface area contributed by atoms with E-state index in [-0.39, 0.29) is 18.5 Å². The second-order valence-electron chi connectivity index (χ2n) is 6.54. The molecule has 1 unspecified atom stereocenters. The number of tetrazole rings is 1. The summed E-state index contributed by atoms with van der Waals surface area (Å²) in [4.78, 5) is 14.0. The van der Waals surface area contributed by atoms with Gasteiger partial charge in [-0.1, -0.05) is 17.7 Å². The molecule has 0 bridgehead atoms. The Balaban J connectivity index is 1.47. The van der Waals surface area contributed by atoms with Gasteiger partial charge in [0, 0.05) is 16.8 Å². The smallest absolute Gasteiger partial charge is 0.244 e. The average molecular weight is 443 g/mol. The molecule has 0 radical (unpaired) electrons. The number of hydrogen-bond acceptors (Lipinski definition) is 7. The molecule has 1 amide bonds. The van der Waals surface area contributed by atoms with Crippen LogP contribution < -0.4 is 5.32 Å². The molecule has 0 aliphatic carbocycles. The number of fused-ring (bicyclic) bond motifs is 1. The van der Waals surface area contributed by atoms with Gasteiger partial charge in [0.1, 0.15) is 6.54 Å². The molecule has 1 N–H and O–H groups in total. The van der Waals surface area contributed by atoms with Crippen LogP contribution in [0.5, 0.6) is 0 Å². The topological polar surface area (TPSA) is 103 Å². The molecule has 1 aromatic carbocycles. The number of nitrogens with one attached hydrogen (secondary N) is 1. The normalized spacial score (nSPS) is 12.2. The molecule has 30 heavy (non-hydrogen) atoms. The number of rotatable bonds is 8. The van der Waals surface area contributed by atoms with E-state index in [1.54, 1.807) is 36.0 Å². The third-order valence-corrected chi connectivity index (χ3v) is 5.33. The number of amides is 1. The van der Waals surface area contributed by atoms with Gasteiger partial charge in [0.15, 0.2) is 11.5 Å². The van der Waals surface area contributed by atoms with Crippen LogP contribution in [-0.2, 0) is 11.3 Å². The van der Waals surface area contributed by atoms with E-state index in [0.717, 1.165) is 23.4 Å².